The van der Waals surface area contributed by atoms with E-state index >= 15 is 0 Å². The third-order valence-corrected chi connectivity index (χ3v) is 6.17. The van der Waals surface area contributed by atoms with Crippen LogP contribution >= 0.6 is 0 Å². The highest BCUT2D eigenvalue weighted by Gasteiger charge is 2.53. The second-order valence-corrected chi connectivity index (χ2v) is 8.52. The number of nitrogens with one attached hydrogen (secondary N) is 1. The zero-order valence-corrected chi connectivity index (χ0v) is 18.9. The molecule has 1 saturated heterocycles. The summed E-state index contributed by atoms with van der Waals surface area (Å²) >= 11 is 0. The molecule has 2 aliphatic rings. The molecule has 0 saturated carbocycles. The van der Waals surface area contributed by atoms with Gasteiger partial charge in [-0.3, -0.25) is 9.59 Å². The first-order valence-corrected chi connectivity index (χ1v) is 11.0. The van der Waals surface area contributed by atoms with Gasteiger partial charge >= 0.3 is 6.09 Å². The largest absolute Gasteiger partial charge is 0.491 e. The van der Waals surface area contributed by atoms with E-state index in [1.54, 1.807) is 7.05 Å². The summed E-state index contributed by atoms with van der Waals surface area (Å²) in [4.78, 5) is 39.4. The minimum atomic E-state index is -1.45. The number of hydrazone groups is 1. The first kappa shape index (κ1) is 24.1. The second kappa shape index (κ2) is 9.69. The number of rotatable bonds is 7. The molecule has 2 atom stereocenters. The van der Waals surface area contributed by atoms with Gasteiger partial charge in [0.05, 0.1) is 5.71 Å². The van der Waals surface area contributed by atoms with Gasteiger partial charge in [0, 0.05) is 32.6 Å². The average molecular weight is 486 g/mol. The maximum Gasteiger partial charge on any atom is 0.405 e. The van der Waals surface area contributed by atoms with Crippen LogP contribution in [0.4, 0.5) is 13.6 Å². The van der Waals surface area contributed by atoms with E-state index < -0.39 is 41.7 Å². The zero-order valence-electron chi connectivity index (χ0n) is 18.9. The van der Waals surface area contributed by atoms with Crippen molar-refractivity contribution in [3.8, 4) is 5.75 Å². The predicted molar refractivity (Wildman–Crippen MR) is 121 cm³/mol. The molecule has 0 radical (unpaired) electrons. The van der Waals surface area contributed by atoms with Crippen LogP contribution in [0, 0.1) is 17.0 Å². The Morgan fingerprint density at radius 3 is 2.63 bits per heavy atom. The van der Waals surface area contributed by atoms with Gasteiger partial charge < -0.3 is 20.1 Å². The molecule has 2 N–H and O–H groups in total. The van der Waals surface area contributed by atoms with Crippen molar-refractivity contribution in [2.45, 2.75) is 18.9 Å². The molecule has 0 aromatic heterocycles. The van der Waals surface area contributed by atoms with Crippen molar-refractivity contribution >= 4 is 23.6 Å². The highest BCUT2D eigenvalue weighted by atomic mass is 19.2. The molecule has 9 nitrogen and oxygen atoms in total. The molecule has 4 rings (SSSR count). The van der Waals surface area contributed by atoms with E-state index in [1.165, 1.54) is 16.0 Å². The molecule has 0 unspecified atom stereocenters. The van der Waals surface area contributed by atoms with Crippen molar-refractivity contribution in [1.82, 2.24) is 15.2 Å². The summed E-state index contributed by atoms with van der Waals surface area (Å²) in [5.41, 5.74) is 0.525. The van der Waals surface area contributed by atoms with Crippen LogP contribution in [-0.2, 0) is 16.0 Å². The zero-order chi connectivity index (χ0) is 25.2. The van der Waals surface area contributed by atoms with Crippen LogP contribution in [0.1, 0.15) is 12.0 Å². The fourth-order valence-corrected chi connectivity index (χ4v) is 4.51. The van der Waals surface area contributed by atoms with E-state index in [9.17, 15) is 28.3 Å². The van der Waals surface area contributed by atoms with Crippen molar-refractivity contribution in [2.75, 3.05) is 26.7 Å². The molecule has 184 valence electrons. The van der Waals surface area contributed by atoms with E-state index in [4.69, 9.17) is 4.74 Å². The topological polar surface area (TPSA) is 112 Å². The van der Waals surface area contributed by atoms with Crippen molar-refractivity contribution in [3.63, 3.8) is 0 Å². The van der Waals surface area contributed by atoms with E-state index in [0.29, 0.717) is 18.6 Å². The first-order valence-electron chi connectivity index (χ1n) is 11.0. The van der Waals surface area contributed by atoms with Crippen molar-refractivity contribution < 1.29 is 33.0 Å². The molecular formula is C24H24F2N4O5. The number of piperidine rings is 1. The Balaban J connectivity index is 1.55. The Labute approximate surface area is 200 Å². The molecule has 2 heterocycles. The van der Waals surface area contributed by atoms with Gasteiger partial charge in [0.25, 0.3) is 5.91 Å². The van der Waals surface area contributed by atoms with Crippen LogP contribution in [0.3, 0.4) is 0 Å². The standard InChI is InChI=1S/C24H24F2N4O5/c1-29-22(32)24(12-15-5-3-2-4-6-15)14-30(10-9-20(24)28-29)21(31)19(27-23(33)34)13-35-16-7-8-17(25)18(26)11-16/h2-8,11,19,27H,9-10,12-14H2,1H3,(H,33,34)/t19-,24-/m1/s1. The molecule has 1 fully saturated rings. The summed E-state index contributed by atoms with van der Waals surface area (Å²) < 4.78 is 32.1. The lowest BCUT2D eigenvalue weighted by atomic mass is 9.73. The van der Waals surface area contributed by atoms with Crippen LogP contribution in [0.25, 0.3) is 0 Å². The maximum atomic E-state index is 13.5. The van der Waals surface area contributed by atoms with Gasteiger partial charge in [-0.15, -0.1) is 0 Å². The number of nitrogens with zero attached hydrogens (tertiary/aromatic N) is 3. The molecule has 11 heteroatoms. The third kappa shape index (κ3) is 4.93. The quantitative estimate of drug-likeness (QED) is 0.624. The fraction of sp³-hybridized carbons (Fsp3) is 0.333. The Kier molecular flexibility index (Phi) is 6.68. The van der Waals surface area contributed by atoms with Crippen LogP contribution in [0.5, 0.6) is 5.75 Å². The van der Waals surface area contributed by atoms with Gasteiger partial charge in [0.2, 0.25) is 5.91 Å². The monoisotopic (exact) mass is 486 g/mol. The molecular weight excluding hydrogens is 462 g/mol. The number of ether oxygens (including phenoxy) is 1. The fourth-order valence-electron chi connectivity index (χ4n) is 4.51. The molecule has 0 aliphatic carbocycles. The van der Waals surface area contributed by atoms with Crippen molar-refractivity contribution in [3.05, 3.63) is 65.7 Å². The summed E-state index contributed by atoms with van der Waals surface area (Å²) in [6, 6.07) is 10.9. The lowest BCUT2D eigenvalue weighted by molar-refractivity contribution is -0.141. The number of halogens is 2. The third-order valence-electron chi connectivity index (χ3n) is 6.17. The van der Waals surface area contributed by atoms with Gasteiger partial charge in [-0.05, 0) is 24.1 Å². The van der Waals surface area contributed by atoms with E-state index in [-0.39, 0.29) is 24.7 Å². The lowest BCUT2D eigenvalue weighted by Gasteiger charge is -2.40. The number of benzene rings is 2. The molecule has 3 amide bonds. The number of hydrogen-bond acceptors (Lipinski definition) is 5. The number of likely N-dealkylation sites (tertiary alicyclic amines) is 1. The molecule has 35 heavy (non-hydrogen) atoms. The molecule has 2 aromatic carbocycles. The summed E-state index contributed by atoms with van der Waals surface area (Å²) in [6.45, 7) is -0.197. The molecule has 2 aliphatic heterocycles. The molecule has 0 bridgehead atoms. The summed E-state index contributed by atoms with van der Waals surface area (Å²) in [5.74, 6) is -3.09. The number of amides is 3. The Morgan fingerprint density at radius 2 is 1.94 bits per heavy atom. The van der Waals surface area contributed by atoms with Crippen LogP contribution in [-0.4, -0.2) is 71.4 Å². The van der Waals surface area contributed by atoms with Crippen LogP contribution in [0.15, 0.2) is 53.6 Å². The minimum Gasteiger partial charge on any atom is -0.491 e. The Morgan fingerprint density at radius 1 is 1.20 bits per heavy atom. The lowest BCUT2D eigenvalue weighted by Crippen LogP contribution is -2.59. The normalized spacial score (nSPS) is 20.2. The molecule has 0 spiro atoms. The van der Waals surface area contributed by atoms with Crippen LogP contribution < -0.4 is 10.1 Å². The van der Waals surface area contributed by atoms with Crippen molar-refractivity contribution in [1.29, 1.82) is 0 Å². The van der Waals surface area contributed by atoms with Crippen LogP contribution in [0.2, 0.25) is 0 Å². The smallest absolute Gasteiger partial charge is 0.405 e. The van der Waals surface area contributed by atoms with Crippen molar-refractivity contribution in [2.24, 2.45) is 10.5 Å². The maximum absolute atomic E-state index is 13.5. The van der Waals surface area contributed by atoms with Gasteiger partial charge in [0.1, 0.15) is 23.8 Å². The Bertz CT molecular complexity index is 1180. The predicted octanol–water partition coefficient (Wildman–Crippen LogP) is 2.27. The number of carboxylic acid groups (broad SMARTS) is 1. The van der Waals surface area contributed by atoms with E-state index in [0.717, 1.165) is 17.7 Å². The SMILES string of the molecule is CN1N=C2CCN(C(=O)[C@@H](COc3ccc(F)c(F)c3)NC(=O)O)C[C@@]2(Cc2ccccc2)C1=O. The highest BCUT2D eigenvalue weighted by molar-refractivity contribution is 6.13. The number of hydrogen-bond donors (Lipinski definition) is 2. The number of fused-ring (bicyclic) bond motifs is 1. The minimum absolute atomic E-state index is 0.0196. The van der Waals surface area contributed by atoms with E-state index in [1.807, 2.05) is 30.3 Å². The second-order valence-electron chi connectivity index (χ2n) is 8.52. The first-order chi connectivity index (χ1) is 16.7. The highest BCUT2D eigenvalue weighted by Crippen LogP contribution is 2.38. The summed E-state index contributed by atoms with van der Waals surface area (Å²) in [6.07, 6.45) is -0.771. The van der Waals surface area contributed by atoms with E-state index in [2.05, 4.69) is 10.4 Å². The molecule has 2 aromatic rings. The van der Waals surface area contributed by atoms with Gasteiger partial charge in [-0.25, -0.2) is 18.6 Å². The Hall–Kier alpha value is -4.02. The summed E-state index contributed by atoms with van der Waals surface area (Å²) in [7, 11) is 1.57. The van der Waals surface area contributed by atoms with Gasteiger partial charge in [-0.2, -0.15) is 5.10 Å². The summed E-state index contributed by atoms with van der Waals surface area (Å²) in [5, 5.41) is 17.1. The van der Waals surface area contributed by atoms with Gasteiger partial charge in [0.15, 0.2) is 11.6 Å². The van der Waals surface area contributed by atoms with Gasteiger partial charge in [-0.1, -0.05) is 30.3 Å². The number of carbonyl (C=O) groups excluding carboxylic acids is 2. The number of carbonyl (C=O) groups is 3. The average Bonchev–Trinajstić information content (AvgIpc) is 3.08.